The van der Waals surface area contributed by atoms with Crippen LogP contribution in [0.1, 0.15) is 30.9 Å². The lowest BCUT2D eigenvalue weighted by atomic mass is 10.0. The molecule has 0 N–H and O–H groups in total. The molecule has 1 atom stereocenters. The van der Waals surface area contributed by atoms with Crippen molar-refractivity contribution in [3.63, 3.8) is 0 Å². The predicted octanol–water partition coefficient (Wildman–Crippen LogP) is 3.50. The maximum Gasteiger partial charge on any atom is 0.313 e. The van der Waals surface area contributed by atoms with Crippen LogP contribution in [0.2, 0.25) is 0 Å². The molecule has 0 saturated heterocycles. The van der Waals surface area contributed by atoms with Crippen LogP contribution in [0.4, 0.5) is 0 Å². The van der Waals surface area contributed by atoms with Crippen molar-refractivity contribution < 1.29 is 19.1 Å². The summed E-state index contributed by atoms with van der Waals surface area (Å²) in [6.07, 6.45) is 0. The molecular weight excluding hydrogens is 292 g/mol. The topological polar surface area (TPSA) is 52.6 Å². The van der Waals surface area contributed by atoms with E-state index in [-0.39, 0.29) is 30.9 Å². The van der Waals surface area contributed by atoms with Gasteiger partial charge in [-0.3, -0.25) is 9.59 Å². The van der Waals surface area contributed by atoms with Gasteiger partial charge in [-0.15, -0.1) is 0 Å². The lowest BCUT2D eigenvalue weighted by Gasteiger charge is -2.12. The van der Waals surface area contributed by atoms with Crippen molar-refractivity contribution in [1.29, 1.82) is 0 Å². The molecule has 0 fully saturated rings. The van der Waals surface area contributed by atoms with Gasteiger partial charge in [0.1, 0.15) is 19.0 Å². The standard InChI is InChI=1S/C19H20O4/c1-14(20)12-22-18-10-8-17(9-11-18)15(2)19(21)23-13-16-6-4-3-5-7-16/h3-11,15H,12-13H2,1-2H3. The molecule has 0 saturated carbocycles. The average Bonchev–Trinajstić information content (AvgIpc) is 2.58. The zero-order chi connectivity index (χ0) is 16.7. The van der Waals surface area contributed by atoms with Gasteiger partial charge in [0.25, 0.3) is 0 Å². The van der Waals surface area contributed by atoms with Crippen molar-refractivity contribution >= 4 is 11.8 Å². The Labute approximate surface area is 136 Å². The summed E-state index contributed by atoms with van der Waals surface area (Å²) in [5.74, 6) is -0.0624. The second kappa shape index (κ2) is 8.13. The molecule has 2 aromatic carbocycles. The van der Waals surface area contributed by atoms with Crippen molar-refractivity contribution in [2.45, 2.75) is 26.4 Å². The Morgan fingerprint density at radius 2 is 1.65 bits per heavy atom. The van der Waals surface area contributed by atoms with E-state index in [9.17, 15) is 9.59 Å². The maximum atomic E-state index is 12.1. The number of hydrogen-bond acceptors (Lipinski definition) is 4. The van der Waals surface area contributed by atoms with E-state index in [1.54, 1.807) is 19.1 Å². The minimum atomic E-state index is -0.361. The summed E-state index contributed by atoms with van der Waals surface area (Å²) in [5.41, 5.74) is 1.80. The van der Waals surface area contributed by atoms with Gasteiger partial charge in [0.05, 0.1) is 5.92 Å². The minimum absolute atomic E-state index is 0.0352. The number of ether oxygens (including phenoxy) is 2. The number of Topliss-reactive ketones (excluding diaryl/α,β-unsaturated/α-hetero) is 1. The molecule has 0 bridgehead atoms. The highest BCUT2D eigenvalue weighted by Crippen LogP contribution is 2.21. The van der Waals surface area contributed by atoms with Gasteiger partial charge in [-0.05, 0) is 37.1 Å². The Bertz CT molecular complexity index is 647. The first kappa shape index (κ1) is 16.7. The smallest absolute Gasteiger partial charge is 0.313 e. The second-order valence-corrected chi connectivity index (χ2v) is 5.37. The van der Waals surface area contributed by atoms with Crippen molar-refractivity contribution in [3.05, 3.63) is 65.7 Å². The van der Waals surface area contributed by atoms with E-state index in [1.165, 1.54) is 6.92 Å². The van der Waals surface area contributed by atoms with Crippen molar-refractivity contribution in [3.8, 4) is 5.75 Å². The number of esters is 1. The Balaban J connectivity index is 1.90. The summed E-state index contributed by atoms with van der Waals surface area (Å²) in [5, 5.41) is 0. The highest BCUT2D eigenvalue weighted by atomic mass is 16.5. The summed E-state index contributed by atoms with van der Waals surface area (Å²) in [6, 6.07) is 16.7. The first-order valence-corrected chi connectivity index (χ1v) is 7.49. The summed E-state index contributed by atoms with van der Waals surface area (Å²) < 4.78 is 10.6. The molecule has 0 radical (unpaired) electrons. The summed E-state index contributed by atoms with van der Waals surface area (Å²) >= 11 is 0. The lowest BCUT2D eigenvalue weighted by Crippen LogP contribution is -2.13. The van der Waals surface area contributed by atoms with Gasteiger partial charge in [0.15, 0.2) is 5.78 Å². The zero-order valence-electron chi connectivity index (χ0n) is 13.3. The van der Waals surface area contributed by atoms with Gasteiger partial charge in [0.2, 0.25) is 0 Å². The molecule has 0 aliphatic heterocycles. The largest absolute Gasteiger partial charge is 0.486 e. The molecule has 4 heteroatoms. The van der Waals surface area contributed by atoms with E-state index in [1.807, 2.05) is 42.5 Å². The van der Waals surface area contributed by atoms with Crippen LogP contribution in [-0.2, 0) is 20.9 Å². The molecule has 4 nitrogen and oxygen atoms in total. The van der Waals surface area contributed by atoms with Crippen LogP contribution in [0.3, 0.4) is 0 Å². The highest BCUT2D eigenvalue weighted by Gasteiger charge is 2.17. The van der Waals surface area contributed by atoms with Crippen LogP contribution in [0.15, 0.2) is 54.6 Å². The number of benzene rings is 2. The quantitative estimate of drug-likeness (QED) is 0.734. The number of carbonyl (C=O) groups is 2. The fourth-order valence-electron chi connectivity index (χ4n) is 2.03. The molecule has 0 heterocycles. The van der Waals surface area contributed by atoms with Crippen LogP contribution in [0.25, 0.3) is 0 Å². The average molecular weight is 312 g/mol. The normalized spacial score (nSPS) is 11.6. The Kier molecular flexibility index (Phi) is 5.92. The molecule has 2 rings (SSSR count). The molecule has 0 aromatic heterocycles. The second-order valence-electron chi connectivity index (χ2n) is 5.37. The third-order valence-corrected chi connectivity index (χ3v) is 3.40. The van der Waals surface area contributed by atoms with Crippen LogP contribution >= 0.6 is 0 Å². The van der Waals surface area contributed by atoms with E-state index in [0.29, 0.717) is 5.75 Å². The number of rotatable bonds is 7. The number of carbonyl (C=O) groups excluding carboxylic acids is 2. The van der Waals surface area contributed by atoms with Crippen LogP contribution in [0, 0.1) is 0 Å². The minimum Gasteiger partial charge on any atom is -0.486 e. The third kappa shape index (κ3) is 5.25. The Morgan fingerprint density at radius 1 is 1.00 bits per heavy atom. The first-order valence-electron chi connectivity index (χ1n) is 7.49. The lowest BCUT2D eigenvalue weighted by molar-refractivity contribution is -0.146. The summed E-state index contributed by atoms with van der Waals surface area (Å²) in [6.45, 7) is 3.59. The fourth-order valence-corrected chi connectivity index (χ4v) is 2.03. The molecule has 23 heavy (non-hydrogen) atoms. The van der Waals surface area contributed by atoms with Gasteiger partial charge < -0.3 is 9.47 Å². The van der Waals surface area contributed by atoms with Crippen molar-refractivity contribution in [2.75, 3.05) is 6.61 Å². The zero-order valence-corrected chi connectivity index (χ0v) is 13.3. The Morgan fingerprint density at radius 3 is 2.26 bits per heavy atom. The van der Waals surface area contributed by atoms with Gasteiger partial charge in [-0.1, -0.05) is 42.5 Å². The molecule has 1 unspecified atom stereocenters. The van der Waals surface area contributed by atoms with E-state index in [2.05, 4.69) is 0 Å². The van der Waals surface area contributed by atoms with E-state index in [0.717, 1.165) is 11.1 Å². The van der Waals surface area contributed by atoms with Gasteiger partial charge in [0, 0.05) is 0 Å². The predicted molar refractivity (Wildman–Crippen MR) is 87.3 cm³/mol. The van der Waals surface area contributed by atoms with Gasteiger partial charge in [-0.2, -0.15) is 0 Å². The van der Waals surface area contributed by atoms with Crippen LogP contribution in [-0.4, -0.2) is 18.4 Å². The SMILES string of the molecule is CC(=O)COc1ccc(C(C)C(=O)OCc2ccccc2)cc1. The van der Waals surface area contributed by atoms with Crippen molar-refractivity contribution in [1.82, 2.24) is 0 Å². The fraction of sp³-hybridized carbons (Fsp3) is 0.263. The number of ketones is 1. The highest BCUT2D eigenvalue weighted by molar-refractivity contribution is 5.78. The molecule has 2 aromatic rings. The summed E-state index contributed by atoms with van der Waals surface area (Å²) in [4.78, 5) is 23.0. The van der Waals surface area contributed by atoms with Crippen molar-refractivity contribution in [2.24, 2.45) is 0 Å². The maximum absolute atomic E-state index is 12.1. The summed E-state index contributed by atoms with van der Waals surface area (Å²) in [7, 11) is 0. The van der Waals surface area contributed by atoms with E-state index in [4.69, 9.17) is 9.47 Å². The molecule has 120 valence electrons. The molecule has 0 amide bonds. The van der Waals surface area contributed by atoms with Crippen LogP contribution < -0.4 is 4.74 Å². The van der Waals surface area contributed by atoms with E-state index >= 15 is 0 Å². The molecule has 0 aliphatic carbocycles. The molecule has 0 aliphatic rings. The van der Waals surface area contributed by atoms with Gasteiger partial charge >= 0.3 is 5.97 Å². The molecule has 0 spiro atoms. The van der Waals surface area contributed by atoms with Gasteiger partial charge in [-0.25, -0.2) is 0 Å². The number of hydrogen-bond donors (Lipinski definition) is 0. The third-order valence-electron chi connectivity index (χ3n) is 3.40. The molecular formula is C19H20O4. The first-order chi connectivity index (χ1) is 11.1. The Hall–Kier alpha value is -2.62. The van der Waals surface area contributed by atoms with Crippen LogP contribution in [0.5, 0.6) is 5.75 Å². The van der Waals surface area contributed by atoms with E-state index < -0.39 is 0 Å². The monoisotopic (exact) mass is 312 g/mol.